The number of aliphatic carboxylic acids is 1. The van der Waals surface area contributed by atoms with Crippen LogP contribution < -0.4 is 14.8 Å². The summed E-state index contributed by atoms with van der Waals surface area (Å²) in [5, 5.41) is 11.6. The van der Waals surface area contributed by atoms with E-state index in [0.29, 0.717) is 25.3 Å². The molecule has 3 rings (SSSR count). The molecule has 1 aliphatic heterocycles. The molecule has 1 saturated heterocycles. The standard InChI is InChI=1S/C21H22N2O6/c1-2-28-17-12-15(8-9-16(17)29-13-18(24)25)21(27)23-11-10-22-20(26)19(23)14-6-4-3-5-7-14/h3-9,12,19H,2,10-11,13H2,1H3,(H,22,26)(H,24,25)/t19-/m1/s1. The minimum atomic E-state index is -1.11. The molecule has 0 saturated carbocycles. The van der Waals surface area contributed by atoms with Gasteiger partial charge in [0.1, 0.15) is 6.04 Å². The highest BCUT2D eigenvalue weighted by molar-refractivity contribution is 5.99. The number of benzene rings is 2. The Morgan fingerprint density at radius 2 is 1.90 bits per heavy atom. The first-order valence-corrected chi connectivity index (χ1v) is 9.26. The number of hydrogen-bond donors (Lipinski definition) is 2. The summed E-state index contributed by atoms with van der Waals surface area (Å²) in [6.45, 7) is 2.31. The predicted molar refractivity (Wildman–Crippen MR) is 104 cm³/mol. The van der Waals surface area contributed by atoms with Gasteiger partial charge in [0.2, 0.25) is 5.91 Å². The first-order chi connectivity index (χ1) is 14.0. The molecular weight excluding hydrogens is 376 g/mol. The maximum atomic E-state index is 13.2. The zero-order chi connectivity index (χ0) is 20.8. The number of nitrogens with one attached hydrogen (secondary N) is 1. The van der Waals surface area contributed by atoms with Crippen LogP contribution in [-0.2, 0) is 9.59 Å². The monoisotopic (exact) mass is 398 g/mol. The van der Waals surface area contributed by atoms with Gasteiger partial charge in [-0.25, -0.2) is 4.79 Å². The van der Waals surface area contributed by atoms with E-state index in [1.165, 1.54) is 23.1 Å². The van der Waals surface area contributed by atoms with E-state index >= 15 is 0 Å². The van der Waals surface area contributed by atoms with Crippen LogP contribution in [-0.4, -0.2) is 54.1 Å². The Bertz CT molecular complexity index is 899. The number of hydrogen-bond acceptors (Lipinski definition) is 5. The van der Waals surface area contributed by atoms with Crippen LogP contribution in [0.3, 0.4) is 0 Å². The molecule has 2 amide bonds. The van der Waals surface area contributed by atoms with Crippen molar-refractivity contribution >= 4 is 17.8 Å². The SMILES string of the molecule is CCOc1cc(C(=O)N2CCNC(=O)[C@H]2c2ccccc2)ccc1OCC(=O)O. The molecule has 1 fully saturated rings. The Hall–Kier alpha value is -3.55. The van der Waals surface area contributed by atoms with Gasteiger partial charge in [-0.3, -0.25) is 9.59 Å². The van der Waals surface area contributed by atoms with Gasteiger partial charge in [0, 0.05) is 18.7 Å². The highest BCUT2D eigenvalue weighted by atomic mass is 16.5. The van der Waals surface area contributed by atoms with Crippen LogP contribution in [0.25, 0.3) is 0 Å². The lowest BCUT2D eigenvalue weighted by molar-refractivity contribution is -0.139. The molecule has 1 heterocycles. The number of carbonyl (C=O) groups is 3. The molecule has 2 N–H and O–H groups in total. The summed E-state index contributed by atoms with van der Waals surface area (Å²) in [6, 6.07) is 12.9. The lowest BCUT2D eigenvalue weighted by Gasteiger charge is -2.35. The first-order valence-electron chi connectivity index (χ1n) is 9.26. The van der Waals surface area contributed by atoms with Gasteiger partial charge in [-0.2, -0.15) is 0 Å². The Morgan fingerprint density at radius 3 is 2.59 bits per heavy atom. The van der Waals surface area contributed by atoms with Crippen molar-refractivity contribution < 1.29 is 29.0 Å². The van der Waals surface area contributed by atoms with Crippen LogP contribution >= 0.6 is 0 Å². The second-order valence-electron chi connectivity index (χ2n) is 6.38. The number of ether oxygens (including phenoxy) is 2. The lowest BCUT2D eigenvalue weighted by atomic mass is 10.0. The van der Waals surface area contributed by atoms with Crippen LogP contribution in [0.15, 0.2) is 48.5 Å². The van der Waals surface area contributed by atoms with Gasteiger partial charge in [-0.05, 0) is 30.7 Å². The molecule has 29 heavy (non-hydrogen) atoms. The minimum Gasteiger partial charge on any atom is -0.490 e. The fraction of sp³-hybridized carbons (Fsp3) is 0.286. The van der Waals surface area contributed by atoms with E-state index in [1.54, 1.807) is 6.92 Å². The molecule has 1 atom stereocenters. The molecule has 8 nitrogen and oxygen atoms in total. The van der Waals surface area contributed by atoms with Gasteiger partial charge >= 0.3 is 5.97 Å². The first kappa shape index (κ1) is 20.2. The number of carbonyl (C=O) groups excluding carboxylic acids is 2. The van der Waals surface area contributed by atoms with Crippen molar-refractivity contribution in [2.24, 2.45) is 0 Å². The van der Waals surface area contributed by atoms with E-state index in [-0.39, 0.29) is 23.3 Å². The summed E-state index contributed by atoms with van der Waals surface area (Å²) in [5.41, 5.74) is 1.05. The molecule has 2 aromatic rings. The van der Waals surface area contributed by atoms with Gasteiger partial charge in [-0.15, -0.1) is 0 Å². The zero-order valence-electron chi connectivity index (χ0n) is 16.0. The number of amides is 2. The van der Waals surface area contributed by atoms with Gasteiger partial charge in [0.25, 0.3) is 5.91 Å². The highest BCUT2D eigenvalue weighted by Crippen LogP contribution is 2.31. The van der Waals surface area contributed by atoms with Crippen molar-refractivity contribution in [3.8, 4) is 11.5 Å². The summed E-state index contributed by atoms with van der Waals surface area (Å²) >= 11 is 0. The number of rotatable bonds is 7. The molecule has 1 aliphatic rings. The maximum absolute atomic E-state index is 13.2. The van der Waals surface area contributed by atoms with Gasteiger partial charge < -0.3 is 24.8 Å². The Morgan fingerprint density at radius 1 is 1.14 bits per heavy atom. The van der Waals surface area contributed by atoms with Crippen molar-refractivity contribution in [2.75, 3.05) is 26.3 Å². The Labute approximate surface area is 168 Å². The quantitative estimate of drug-likeness (QED) is 0.738. The summed E-state index contributed by atoms with van der Waals surface area (Å²) in [6.07, 6.45) is 0. The zero-order valence-corrected chi connectivity index (χ0v) is 16.0. The average molecular weight is 398 g/mol. The van der Waals surface area contributed by atoms with Crippen LogP contribution in [0, 0.1) is 0 Å². The molecular formula is C21H22N2O6. The third-order valence-electron chi connectivity index (χ3n) is 4.43. The van der Waals surface area contributed by atoms with E-state index in [4.69, 9.17) is 14.6 Å². The van der Waals surface area contributed by atoms with Gasteiger partial charge in [-0.1, -0.05) is 30.3 Å². The van der Waals surface area contributed by atoms with Crippen molar-refractivity contribution in [3.05, 3.63) is 59.7 Å². The largest absolute Gasteiger partial charge is 0.490 e. The summed E-state index contributed by atoms with van der Waals surface area (Å²) in [4.78, 5) is 38.0. The second-order valence-corrected chi connectivity index (χ2v) is 6.38. The van der Waals surface area contributed by atoms with E-state index in [2.05, 4.69) is 5.32 Å². The summed E-state index contributed by atoms with van der Waals surface area (Å²) in [5.74, 6) is -1.15. The van der Waals surface area contributed by atoms with Gasteiger partial charge in [0.05, 0.1) is 6.61 Å². The highest BCUT2D eigenvalue weighted by Gasteiger charge is 2.35. The van der Waals surface area contributed by atoms with Crippen LogP contribution in [0.2, 0.25) is 0 Å². The molecule has 0 aromatic heterocycles. The van der Waals surface area contributed by atoms with Crippen LogP contribution in [0.4, 0.5) is 0 Å². The number of carboxylic acid groups (broad SMARTS) is 1. The fourth-order valence-corrected chi connectivity index (χ4v) is 3.19. The summed E-state index contributed by atoms with van der Waals surface area (Å²) in [7, 11) is 0. The number of nitrogens with zero attached hydrogens (tertiary/aromatic N) is 1. The van der Waals surface area contributed by atoms with E-state index < -0.39 is 18.6 Å². The van der Waals surface area contributed by atoms with Crippen molar-refractivity contribution in [1.29, 1.82) is 0 Å². The topological polar surface area (TPSA) is 105 Å². The van der Waals surface area contributed by atoms with E-state index in [1.807, 2.05) is 30.3 Å². The number of carboxylic acids is 1. The van der Waals surface area contributed by atoms with Crippen LogP contribution in [0.5, 0.6) is 11.5 Å². The third kappa shape index (κ3) is 4.66. The van der Waals surface area contributed by atoms with E-state index in [9.17, 15) is 14.4 Å². The fourth-order valence-electron chi connectivity index (χ4n) is 3.19. The van der Waals surface area contributed by atoms with E-state index in [0.717, 1.165) is 5.56 Å². The second kappa shape index (κ2) is 9.09. The summed E-state index contributed by atoms with van der Waals surface area (Å²) < 4.78 is 10.7. The molecule has 8 heteroatoms. The molecule has 2 aromatic carbocycles. The lowest BCUT2D eigenvalue weighted by Crippen LogP contribution is -2.52. The van der Waals surface area contributed by atoms with Crippen molar-refractivity contribution in [1.82, 2.24) is 10.2 Å². The predicted octanol–water partition coefficient (Wildman–Crippen LogP) is 1.86. The molecule has 0 spiro atoms. The Kier molecular flexibility index (Phi) is 6.33. The number of piperazine rings is 1. The molecule has 0 bridgehead atoms. The average Bonchev–Trinajstić information content (AvgIpc) is 2.73. The van der Waals surface area contributed by atoms with Crippen molar-refractivity contribution in [3.63, 3.8) is 0 Å². The molecule has 0 unspecified atom stereocenters. The normalized spacial score (nSPS) is 16.1. The third-order valence-corrected chi connectivity index (χ3v) is 4.43. The smallest absolute Gasteiger partial charge is 0.341 e. The van der Waals surface area contributed by atoms with Gasteiger partial charge in [0.15, 0.2) is 18.1 Å². The Balaban J connectivity index is 1.90. The van der Waals surface area contributed by atoms with Crippen molar-refractivity contribution in [2.45, 2.75) is 13.0 Å². The molecule has 152 valence electrons. The van der Waals surface area contributed by atoms with Crippen LogP contribution in [0.1, 0.15) is 28.9 Å². The maximum Gasteiger partial charge on any atom is 0.341 e. The molecule has 0 radical (unpaired) electrons. The molecule has 0 aliphatic carbocycles. The minimum absolute atomic E-state index is 0.234.